The summed E-state index contributed by atoms with van der Waals surface area (Å²) in [6, 6.07) is 0.469. The number of hydrogen-bond donors (Lipinski definition) is 1. The Balaban J connectivity index is 2.01. The SMILES string of the molecule is C[C@@H]1CC2=C[C@H]2C[C@H](N)C1. The molecule has 0 aromatic rings. The average molecular weight is 137 g/mol. The van der Waals surface area contributed by atoms with Crippen LogP contribution in [0.3, 0.4) is 0 Å². The van der Waals surface area contributed by atoms with Crippen LogP contribution in [0.5, 0.6) is 0 Å². The molecule has 0 aromatic carbocycles. The van der Waals surface area contributed by atoms with Gasteiger partial charge in [-0.25, -0.2) is 0 Å². The van der Waals surface area contributed by atoms with Gasteiger partial charge in [0.2, 0.25) is 0 Å². The maximum absolute atomic E-state index is 5.91. The van der Waals surface area contributed by atoms with Crippen LogP contribution in [0, 0.1) is 11.8 Å². The molecule has 0 radical (unpaired) electrons. The number of rotatable bonds is 0. The molecule has 10 heavy (non-hydrogen) atoms. The maximum Gasteiger partial charge on any atom is 0.00501 e. The molecule has 2 aliphatic carbocycles. The molecule has 2 N–H and O–H groups in total. The first kappa shape index (κ1) is 6.41. The topological polar surface area (TPSA) is 26.0 Å². The van der Waals surface area contributed by atoms with Crippen LogP contribution in [0.4, 0.5) is 0 Å². The van der Waals surface area contributed by atoms with Gasteiger partial charge in [-0.15, -0.1) is 0 Å². The van der Waals surface area contributed by atoms with Crippen LogP contribution in [0.1, 0.15) is 26.2 Å². The predicted octanol–water partition coefficient (Wildman–Crippen LogP) is 1.69. The number of nitrogens with two attached hydrogens (primary N) is 1. The van der Waals surface area contributed by atoms with Crippen molar-refractivity contribution in [3.63, 3.8) is 0 Å². The second-order valence-corrected chi connectivity index (χ2v) is 3.89. The Labute approximate surface area is 62.3 Å². The number of allylic oxidation sites excluding steroid dienone is 2. The molecule has 0 unspecified atom stereocenters. The first-order chi connectivity index (χ1) is 4.75. The van der Waals surface area contributed by atoms with Crippen LogP contribution in [-0.2, 0) is 0 Å². The van der Waals surface area contributed by atoms with Crippen LogP contribution >= 0.6 is 0 Å². The molecular formula is C9H15N. The Bertz CT molecular complexity index is 172. The molecule has 0 amide bonds. The van der Waals surface area contributed by atoms with Crippen molar-refractivity contribution in [2.75, 3.05) is 0 Å². The van der Waals surface area contributed by atoms with E-state index in [2.05, 4.69) is 13.0 Å². The van der Waals surface area contributed by atoms with E-state index in [1.807, 2.05) is 0 Å². The van der Waals surface area contributed by atoms with Gasteiger partial charge >= 0.3 is 0 Å². The lowest BCUT2D eigenvalue weighted by atomic mass is 10.00. The Kier molecular flexibility index (Phi) is 1.34. The second-order valence-electron chi connectivity index (χ2n) is 3.89. The van der Waals surface area contributed by atoms with Crippen molar-refractivity contribution >= 4 is 0 Å². The monoisotopic (exact) mass is 137 g/mol. The normalized spacial score (nSPS) is 45.4. The zero-order valence-corrected chi connectivity index (χ0v) is 6.51. The maximum atomic E-state index is 5.91. The second kappa shape index (κ2) is 2.09. The minimum atomic E-state index is 0.469. The summed E-state index contributed by atoms with van der Waals surface area (Å²) in [6.45, 7) is 2.31. The fourth-order valence-corrected chi connectivity index (χ4v) is 2.07. The van der Waals surface area contributed by atoms with Gasteiger partial charge in [-0.05, 0) is 31.1 Å². The lowest BCUT2D eigenvalue weighted by Gasteiger charge is -2.11. The van der Waals surface area contributed by atoms with E-state index in [-0.39, 0.29) is 0 Å². The highest BCUT2D eigenvalue weighted by atomic mass is 14.6. The van der Waals surface area contributed by atoms with Crippen LogP contribution in [0.15, 0.2) is 11.6 Å². The molecule has 0 aromatic heterocycles. The number of hydrogen-bond acceptors (Lipinski definition) is 1. The van der Waals surface area contributed by atoms with E-state index in [9.17, 15) is 0 Å². The molecule has 0 spiro atoms. The third kappa shape index (κ3) is 1.10. The zero-order chi connectivity index (χ0) is 7.14. The molecule has 1 heteroatoms. The van der Waals surface area contributed by atoms with E-state index in [0.717, 1.165) is 11.8 Å². The minimum absolute atomic E-state index is 0.469. The molecule has 1 saturated carbocycles. The predicted molar refractivity (Wildman–Crippen MR) is 42.6 cm³/mol. The van der Waals surface area contributed by atoms with Crippen molar-refractivity contribution in [3.05, 3.63) is 11.6 Å². The van der Waals surface area contributed by atoms with Gasteiger partial charge in [0.25, 0.3) is 0 Å². The Morgan fingerprint density at radius 1 is 1.50 bits per heavy atom. The first-order valence-electron chi connectivity index (χ1n) is 4.22. The third-order valence-electron chi connectivity index (χ3n) is 2.63. The smallest absolute Gasteiger partial charge is 0.00501 e. The van der Waals surface area contributed by atoms with E-state index in [1.165, 1.54) is 19.3 Å². The van der Waals surface area contributed by atoms with Gasteiger partial charge in [0.15, 0.2) is 0 Å². The van der Waals surface area contributed by atoms with E-state index in [4.69, 9.17) is 5.73 Å². The van der Waals surface area contributed by atoms with Crippen LogP contribution in [-0.4, -0.2) is 6.04 Å². The van der Waals surface area contributed by atoms with E-state index in [1.54, 1.807) is 5.57 Å². The largest absolute Gasteiger partial charge is 0.328 e. The molecular weight excluding hydrogens is 122 g/mol. The first-order valence-corrected chi connectivity index (χ1v) is 4.22. The highest BCUT2D eigenvalue weighted by Gasteiger charge is 2.31. The molecule has 56 valence electrons. The van der Waals surface area contributed by atoms with Crippen molar-refractivity contribution in [3.8, 4) is 0 Å². The Hall–Kier alpha value is -0.300. The summed E-state index contributed by atoms with van der Waals surface area (Å²) in [5.74, 6) is 1.65. The van der Waals surface area contributed by atoms with Gasteiger partial charge in [-0.1, -0.05) is 18.6 Å². The summed E-state index contributed by atoms with van der Waals surface area (Å²) in [5, 5.41) is 0. The number of fused-ring (bicyclic) bond motifs is 1. The van der Waals surface area contributed by atoms with Crippen LogP contribution in [0.2, 0.25) is 0 Å². The van der Waals surface area contributed by atoms with Gasteiger partial charge < -0.3 is 5.73 Å². The Morgan fingerprint density at radius 3 is 3.10 bits per heavy atom. The molecule has 2 rings (SSSR count). The van der Waals surface area contributed by atoms with Crippen molar-refractivity contribution in [1.29, 1.82) is 0 Å². The standard InChI is InChI=1S/C9H15N/c1-6-2-7-4-8(7)5-9(10)3-6/h4,6,8-9H,2-3,5,10H2,1H3/t6-,8+,9-/m1/s1. The van der Waals surface area contributed by atoms with E-state index in [0.29, 0.717) is 6.04 Å². The van der Waals surface area contributed by atoms with Crippen molar-refractivity contribution in [1.82, 2.24) is 0 Å². The van der Waals surface area contributed by atoms with Gasteiger partial charge in [-0.3, -0.25) is 0 Å². The van der Waals surface area contributed by atoms with Gasteiger partial charge in [0.05, 0.1) is 0 Å². The highest BCUT2D eigenvalue weighted by Crippen LogP contribution is 2.41. The molecule has 1 fully saturated rings. The van der Waals surface area contributed by atoms with Gasteiger partial charge in [0, 0.05) is 6.04 Å². The highest BCUT2D eigenvalue weighted by molar-refractivity contribution is 5.30. The summed E-state index contributed by atoms with van der Waals surface area (Å²) in [4.78, 5) is 0. The van der Waals surface area contributed by atoms with Crippen molar-refractivity contribution < 1.29 is 0 Å². The fraction of sp³-hybridized carbons (Fsp3) is 0.778. The van der Waals surface area contributed by atoms with Crippen molar-refractivity contribution in [2.24, 2.45) is 17.6 Å². The summed E-state index contributed by atoms with van der Waals surface area (Å²) in [5.41, 5.74) is 7.59. The molecule has 2 aliphatic rings. The molecule has 3 atom stereocenters. The zero-order valence-electron chi connectivity index (χ0n) is 6.51. The van der Waals surface area contributed by atoms with Gasteiger partial charge in [-0.2, -0.15) is 0 Å². The summed E-state index contributed by atoms with van der Waals surface area (Å²) in [7, 11) is 0. The summed E-state index contributed by atoms with van der Waals surface area (Å²) < 4.78 is 0. The average Bonchev–Trinajstić information content (AvgIpc) is 2.43. The fourth-order valence-electron chi connectivity index (χ4n) is 2.07. The van der Waals surface area contributed by atoms with Crippen LogP contribution < -0.4 is 5.73 Å². The molecule has 0 aliphatic heterocycles. The molecule has 0 saturated heterocycles. The lowest BCUT2D eigenvalue weighted by molar-refractivity contribution is 0.469. The minimum Gasteiger partial charge on any atom is -0.328 e. The van der Waals surface area contributed by atoms with E-state index >= 15 is 0 Å². The lowest BCUT2D eigenvalue weighted by Crippen LogP contribution is -2.21. The Morgan fingerprint density at radius 2 is 2.30 bits per heavy atom. The molecule has 0 heterocycles. The summed E-state index contributed by atoms with van der Waals surface area (Å²) >= 11 is 0. The van der Waals surface area contributed by atoms with E-state index < -0.39 is 0 Å². The quantitative estimate of drug-likeness (QED) is 0.505. The molecule has 0 bridgehead atoms. The van der Waals surface area contributed by atoms with Gasteiger partial charge in [0.1, 0.15) is 0 Å². The van der Waals surface area contributed by atoms with Crippen LogP contribution in [0.25, 0.3) is 0 Å². The van der Waals surface area contributed by atoms with Crippen molar-refractivity contribution in [2.45, 2.75) is 32.2 Å². The molecule has 1 nitrogen and oxygen atoms in total. The third-order valence-corrected chi connectivity index (χ3v) is 2.63. The summed E-state index contributed by atoms with van der Waals surface area (Å²) in [6.07, 6.45) is 6.15.